The molecule has 1 saturated heterocycles. The Morgan fingerprint density at radius 1 is 1.50 bits per heavy atom. The van der Waals surface area contributed by atoms with E-state index < -0.39 is 0 Å². The first-order chi connectivity index (χ1) is 7.63. The number of hydrogen-bond acceptors (Lipinski definition) is 4. The van der Waals surface area contributed by atoms with Crippen molar-refractivity contribution in [2.75, 3.05) is 31.2 Å². The third kappa shape index (κ3) is 4.53. The maximum Gasteiger partial charge on any atom is 0.232 e. The van der Waals surface area contributed by atoms with Crippen LogP contribution in [-0.2, 0) is 9.59 Å². The van der Waals surface area contributed by atoms with Crippen LogP contribution in [-0.4, -0.2) is 52.9 Å². The van der Waals surface area contributed by atoms with Gasteiger partial charge in [-0.2, -0.15) is 11.8 Å². The molecule has 1 fully saturated rings. The molecule has 1 amide bonds. The van der Waals surface area contributed by atoms with Crippen molar-refractivity contribution < 1.29 is 14.7 Å². The Labute approximate surface area is 100 Å². The smallest absolute Gasteiger partial charge is 0.232 e. The van der Waals surface area contributed by atoms with Crippen molar-refractivity contribution in [3.05, 3.63) is 0 Å². The molecule has 92 valence electrons. The zero-order valence-corrected chi connectivity index (χ0v) is 10.5. The molecule has 1 aliphatic rings. The summed E-state index contributed by atoms with van der Waals surface area (Å²) >= 11 is 1.55. The van der Waals surface area contributed by atoms with E-state index in [2.05, 4.69) is 0 Å². The highest BCUT2D eigenvalue weighted by Crippen LogP contribution is 2.11. The Bertz CT molecular complexity index is 248. The molecule has 0 aliphatic carbocycles. The molecule has 1 N–H and O–H groups in total. The largest absolute Gasteiger partial charge is 0.396 e. The first-order valence-corrected chi connectivity index (χ1v) is 6.77. The number of aliphatic hydroxyl groups is 1. The Balaban J connectivity index is 2.17. The number of nitrogens with zero attached hydrogens (tertiary/aromatic N) is 1. The summed E-state index contributed by atoms with van der Waals surface area (Å²) < 4.78 is 0. The third-order valence-electron chi connectivity index (χ3n) is 2.61. The molecule has 1 rings (SSSR count). The number of thioether (sulfide) groups is 1. The van der Waals surface area contributed by atoms with Gasteiger partial charge in [-0.3, -0.25) is 9.59 Å². The van der Waals surface area contributed by atoms with Crippen molar-refractivity contribution in [1.29, 1.82) is 0 Å². The highest BCUT2D eigenvalue weighted by molar-refractivity contribution is 7.99. The van der Waals surface area contributed by atoms with Gasteiger partial charge in [0.05, 0.1) is 5.75 Å². The van der Waals surface area contributed by atoms with Gasteiger partial charge in [0.2, 0.25) is 5.91 Å². The van der Waals surface area contributed by atoms with E-state index in [9.17, 15) is 9.59 Å². The molecule has 5 heteroatoms. The molecular weight excluding hydrogens is 226 g/mol. The lowest BCUT2D eigenvalue weighted by atomic mass is 10.1. The summed E-state index contributed by atoms with van der Waals surface area (Å²) in [6, 6.07) is 0. The van der Waals surface area contributed by atoms with Crippen molar-refractivity contribution in [2.45, 2.75) is 19.8 Å². The maximum atomic E-state index is 11.7. The summed E-state index contributed by atoms with van der Waals surface area (Å²) in [5.41, 5.74) is 0. The van der Waals surface area contributed by atoms with Gasteiger partial charge in [-0.15, -0.1) is 0 Å². The minimum absolute atomic E-state index is 0.114. The molecule has 0 radical (unpaired) electrons. The van der Waals surface area contributed by atoms with Crippen LogP contribution in [0.4, 0.5) is 0 Å². The monoisotopic (exact) mass is 245 g/mol. The Kier molecular flexibility index (Phi) is 5.84. The van der Waals surface area contributed by atoms with Gasteiger partial charge in [-0.25, -0.2) is 0 Å². The van der Waals surface area contributed by atoms with Crippen LogP contribution in [0.1, 0.15) is 19.8 Å². The van der Waals surface area contributed by atoms with Gasteiger partial charge < -0.3 is 10.0 Å². The molecule has 0 aromatic carbocycles. The number of piperidine rings is 1. The quantitative estimate of drug-likeness (QED) is 0.768. The Morgan fingerprint density at radius 2 is 2.12 bits per heavy atom. The van der Waals surface area contributed by atoms with E-state index in [0.717, 1.165) is 5.75 Å². The lowest BCUT2D eigenvalue weighted by Gasteiger charge is -2.26. The molecule has 0 spiro atoms. The van der Waals surface area contributed by atoms with Crippen molar-refractivity contribution in [1.82, 2.24) is 4.90 Å². The maximum absolute atomic E-state index is 11.7. The van der Waals surface area contributed by atoms with Crippen molar-refractivity contribution >= 4 is 23.5 Å². The zero-order valence-electron chi connectivity index (χ0n) is 9.65. The number of ketones is 1. The predicted molar refractivity (Wildman–Crippen MR) is 64.4 cm³/mol. The molecular formula is C11H19NO3S. The molecule has 4 nitrogen and oxygen atoms in total. The van der Waals surface area contributed by atoms with Crippen LogP contribution in [0.3, 0.4) is 0 Å². The molecule has 0 bridgehead atoms. The summed E-state index contributed by atoms with van der Waals surface area (Å²) in [5, 5.41) is 8.83. The summed E-state index contributed by atoms with van der Waals surface area (Å²) in [6.45, 7) is 3.28. The molecule has 0 aromatic heterocycles. The average molecular weight is 245 g/mol. The van der Waals surface area contributed by atoms with Gasteiger partial charge in [0.1, 0.15) is 5.78 Å². The van der Waals surface area contributed by atoms with Gasteiger partial charge in [-0.1, -0.05) is 6.92 Å². The zero-order chi connectivity index (χ0) is 12.0. The van der Waals surface area contributed by atoms with Crippen LogP contribution in [0.2, 0.25) is 0 Å². The van der Waals surface area contributed by atoms with Crippen LogP contribution in [0, 0.1) is 5.92 Å². The normalized spacial score (nSPS) is 18.6. The minimum atomic E-state index is 0.114. The molecule has 1 atom stereocenters. The second kappa shape index (κ2) is 6.91. The topological polar surface area (TPSA) is 57.6 Å². The number of carbonyl (C=O) groups excluding carboxylic acids is 2. The number of rotatable bonds is 5. The van der Waals surface area contributed by atoms with Crippen LogP contribution in [0.15, 0.2) is 0 Å². The van der Waals surface area contributed by atoms with E-state index in [1.165, 1.54) is 0 Å². The van der Waals surface area contributed by atoms with E-state index in [1.54, 1.807) is 16.7 Å². The molecule has 1 unspecified atom stereocenters. The lowest BCUT2D eigenvalue weighted by molar-refractivity contribution is -0.132. The molecule has 0 saturated carbocycles. The SMILES string of the molecule is CC(CO)CSCC(=O)N1CCC(=O)CC1. The fraction of sp³-hybridized carbons (Fsp3) is 0.818. The van der Waals surface area contributed by atoms with Crippen molar-refractivity contribution in [2.24, 2.45) is 5.92 Å². The number of Topliss-reactive ketones (excluding diaryl/α,β-unsaturated/α-hetero) is 1. The molecule has 1 aliphatic heterocycles. The summed E-state index contributed by atoms with van der Waals surface area (Å²) in [5.74, 6) is 1.86. The number of amides is 1. The van der Waals surface area contributed by atoms with Crippen molar-refractivity contribution in [3.63, 3.8) is 0 Å². The van der Waals surface area contributed by atoms with Gasteiger partial charge in [0.25, 0.3) is 0 Å². The summed E-state index contributed by atoms with van der Waals surface area (Å²) in [6.07, 6.45) is 1.01. The van der Waals surface area contributed by atoms with Crippen LogP contribution in [0.5, 0.6) is 0 Å². The molecule has 16 heavy (non-hydrogen) atoms. The number of aliphatic hydroxyl groups excluding tert-OH is 1. The summed E-state index contributed by atoms with van der Waals surface area (Å²) in [7, 11) is 0. The second-order valence-corrected chi connectivity index (χ2v) is 5.25. The van der Waals surface area contributed by atoms with Gasteiger partial charge in [0.15, 0.2) is 0 Å². The van der Waals surface area contributed by atoms with E-state index in [-0.39, 0.29) is 24.2 Å². The van der Waals surface area contributed by atoms with E-state index in [0.29, 0.717) is 31.7 Å². The minimum Gasteiger partial charge on any atom is -0.396 e. The van der Waals surface area contributed by atoms with Gasteiger partial charge >= 0.3 is 0 Å². The van der Waals surface area contributed by atoms with E-state index >= 15 is 0 Å². The standard InChI is InChI=1S/C11H19NO3S/c1-9(6-13)7-16-8-11(15)12-4-2-10(14)3-5-12/h9,13H,2-8H2,1H3. The third-order valence-corrected chi connectivity index (χ3v) is 3.87. The first kappa shape index (κ1) is 13.5. The van der Waals surface area contributed by atoms with Crippen LogP contribution < -0.4 is 0 Å². The fourth-order valence-corrected chi connectivity index (χ4v) is 2.48. The van der Waals surface area contributed by atoms with Gasteiger partial charge in [0, 0.05) is 32.5 Å². The molecule has 1 heterocycles. The van der Waals surface area contributed by atoms with Gasteiger partial charge in [-0.05, 0) is 11.7 Å². The number of likely N-dealkylation sites (tertiary alicyclic amines) is 1. The summed E-state index contributed by atoms with van der Waals surface area (Å²) in [4.78, 5) is 24.5. The predicted octanol–water partition coefficient (Wildman–Crippen LogP) is 0.539. The lowest BCUT2D eigenvalue weighted by Crippen LogP contribution is -2.39. The van der Waals surface area contributed by atoms with Crippen LogP contribution >= 0.6 is 11.8 Å². The second-order valence-electron chi connectivity index (χ2n) is 4.22. The van der Waals surface area contributed by atoms with E-state index in [1.807, 2.05) is 6.92 Å². The van der Waals surface area contributed by atoms with E-state index in [4.69, 9.17) is 5.11 Å². The highest BCUT2D eigenvalue weighted by atomic mass is 32.2. The highest BCUT2D eigenvalue weighted by Gasteiger charge is 2.20. The fourth-order valence-electron chi connectivity index (χ4n) is 1.50. The van der Waals surface area contributed by atoms with Crippen molar-refractivity contribution in [3.8, 4) is 0 Å². The number of hydrogen-bond donors (Lipinski definition) is 1. The average Bonchev–Trinajstić information content (AvgIpc) is 2.29. The first-order valence-electron chi connectivity index (χ1n) is 5.61. The van der Waals surface area contributed by atoms with Crippen LogP contribution in [0.25, 0.3) is 0 Å². The number of carbonyl (C=O) groups is 2. The molecule has 0 aromatic rings. The Morgan fingerprint density at radius 3 is 2.69 bits per heavy atom. The Hall–Kier alpha value is -0.550.